The summed E-state index contributed by atoms with van der Waals surface area (Å²) >= 11 is 0. The van der Waals surface area contributed by atoms with Crippen LogP contribution in [-0.2, 0) is 16.8 Å². The molecule has 16 nitrogen and oxygen atoms in total. The normalized spacial score (nSPS) is 10.1. The van der Waals surface area contributed by atoms with Gasteiger partial charge in [0.1, 0.15) is 0 Å². The van der Waals surface area contributed by atoms with Gasteiger partial charge in [0.25, 0.3) is 11.4 Å². The van der Waals surface area contributed by atoms with Crippen LogP contribution in [0.15, 0.2) is 46.4 Å². The van der Waals surface area contributed by atoms with E-state index in [4.69, 9.17) is 15.3 Å². The van der Waals surface area contributed by atoms with E-state index >= 15 is 0 Å². The number of benzene rings is 2. The number of rotatable bonds is 12. The van der Waals surface area contributed by atoms with E-state index in [1.165, 1.54) is 48.8 Å². The Hall–Kier alpha value is -4.19. The van der Waals surface area contributed by atoms with Crippen molar-refractivity contribution < 1.29 is 41.9 Å². The predicted octanol–water partition coefficient (Wildman–Crippen LogP) is 1.15. The molecular formula is C22H28CoN7O9. The largest absolute Gasteiger partial charge is 3.00 e. The number of aliphatic imine (C=N–C) groups is 2. The number of nitro groups is 2. The molecule has 17 heteroatoms. The summed E-state index contributed by atoms with van der Waals surface area (Å²) in [5, 5.41) is 64.7. The van der Waals surface area contributed by atoms with Crippen LogP contribution < -0.4 is 20.8 Å². The number of nitrogens with one attached hydrogen (secondary N) is 2. The topological polar surface area (TPSA) is 247 Å². The molecule has 0 atom stereocenters. The molecule has 0 saturated heterocycles. The standard InChI is InChI=1S/2C11H15N3O3.Co.NO3/c2*1-2-12-5-6-13-8-9-7-10(14(16)17)3-4-11(9)15;;2-1(3)4/h2*3-4,7-8,12,15H,2,5-6H2,1H3;;/q;;+3;-1/p-2. The Morgan fingerprint density at radius 2 is 1.05 bits per heavy atom. The molecule has 0 aliphatic rings. The van der Waals surface area contributed by atoms with Crippen molar-refractivity contribution in [1.82, 2.24) is 10.6 Å². The molecular weight excluding hydrogens is 565 g/mol. The summed E-state index contributed by atoms with van der Waals surface area (Å²) in [7, 11) is 0. The second kappa shape index (κ2) is 21.9. The van der Waals surface area contributed by atoms with Crippen LogP contribution in [0.5, 0.6) is 11.5 Å². The maximum atomic E-state index is 11.4. The number of nitro benzene ring substituents is 2. The minimum absolute atomic E-state index is 0. The second-order valence-electron chi connectivity index (χ2n) is 6.96. The summed E-state index contributed by atoms with van der Waals surface area (Å²) in [6, 6.07) is 7.22. The molecule has 0 spiro atoms. The zero-order valence-electron chi connectivity index (χ0n) is 21.1. The summed E-state index contributed by atoms with van der Waals surface area (Å²) in [6.45, 7) is 8.20. The minimum Gasteiger partial charge on any atom is -0.872 e. The van der Waals surface area contributed by atoms with Gasteiger partial charge in [-0.25, -0.2) is 0 Å². The number of hydrogen-bond donors (Lipinski definition) is 2. The fraction of sp³-hybridized carbons (Fsp3) is 0.364. The van der Waals surface area contributed by atoms with Gasteiger partial charge in [0.2, 0.25) is 0 Å². The maximum Gasteiger partial charge on any atom is 3.00 e. The van der Waals surface area contributed by atoms with E-state index in [0.717, 1.165) is 26.2 Å². The van der Waals surface area contributed by atoms with E-state index in [-0.39, 0.29) is 50.8 Å². The third-order valence-corrected chi connectivity index (χ3v) is 4.20. The molecule has 0 radical (unpaired) electrons. The van der Waals surface area contributed by atoms with Crippen LogP contribution in [0.1, 0.15) is 25.0 Å². The first kappa shape index (κ1) is 37.0. The van der Waals surface area contributed by atoms with E-state index in [9.17, 15) is 30.4 Å². The molecule has 0 fully saturated rings. The van der Waals surface area contributed by atoms with Crippen molar-refractivity contribution in [2.24, 2.45) is 9.98 Å². The minimum atomic E-state index is -1.75. The fourth-order valence-corrected chi connectivity index (χ4v) is 2.47. The molecule has 0 heterocycles. The second-order valence-corrected chi connectivity index (χ2v) is 6.96. The van der Waals surface area contributed by atoms with Crippen LogP contribution in [0.3, 0.4) is 0 Å². The molecule has 0 aliphatic heterocycles. The van der Waals surface area contributed by atoms with Crippen molar-refractivity contribution >= 4 is 23.8 Å². The average molecular weight is 593 g/mol. The van der Waals surface area contributed by atoms with Crippen LogP contribution in [0, 0.1) is 35.6 Å². The molecule has 0 aliphatic carbocycles. The monoisotopic (exact) mass is 593 g/mol. The summed E-state index contributed by atoms with van der Waals surface area (Å²) in [4.78, 5) is 36.3. The van der Waals surface area contributed by atoms with Crippen LogP contribution >= 0.6 is 0 Å². The smallest absolute Gasteiger partial charge is 0.872 e. The Labute approximate surface area is 234 Å². The third-order valence-electron chi connectivity index (χ3n) is 4.20. The van der Waals surface area contributed by atoms with E-state index < -0.39 is 14.9 Å². The van der Waals surface area contributed by atoms with Crippen molar-refractivity contribution in [2.45, 2.75) is 13.8 Å². The average Bonchev–Trinajstić information content (AvgIpc) is 2.85. The summed E-state index contributed by atoms with van der Waals surface area (Å²) < 4.78 is 0. The van der Waals surface area contributed by atoms with E-state index in [2.05, 4.69) is 20.6 Å². The first-order valence-electron chi connectivity index (χ1n) is 11.2. The van der Waals surface area contributed by atoms with E-state index in [1.54, 1.807) is 0 Å². The zero-order valence-corrected chi connectivity index (χ0v) is 22.1. The van der Waals surface area contributed by atoms with Crippen LogP contribution in [0.4, 0.5) is 11.4 Å². The zero-order chi connectivity index (χ0) is 28.9. The molecule has 2 rings (SSSR count). The molecule has 39 heavy (non-hydrogen) atoms. The molecule has 0 saturated carbocycles. The van der Waals surface area contributed by atoms with Crippen molar-refractivity contribution in [3.05, 3.63) is 83.1 Å². The summed E-state index contributed by atoms with van der Waals surface area (Å²) in [5.74, 6) is -0.523. The Morgan fingerprint density at radius 3 is 1.33 bits per heavy atom. The van der Waals surface area contributed by atoms with Crippen molar-refractivity contribution in [1.29, 1.82) is 0 Å². The fourth-order valence-electron chi connectivity index (χ4n) is 2.47. The number of non-ortho nitro benzene ring substituents is 2. The van der Waals surface area contributed by atoms with Gasteiger partial charge in [-0.1, -0.05) is 37.5 Å². The maximum absolute atomic E-state index is 11.4. The van der Waals surface area contributed by atoms with E-state index in [0.29, 0.717) is 13.1 Å². The molecule has 0 aromatic heterocycles. The van der Waals surface area contributed by atoms with Crippen molar-refractivity contribution in [3.8, 4) is 11.5 Å². The SMILES string of the molecule is CCNCCN=Cc1cc([N+](=O)[O-])ccc1[O-].CCNCCN=Cc1cc([N+](=O)[O-])ccc1[O-].O=[N+]([O-])[O-].[Co+3]. The van der Waals surface area contributed by atoms with Gasteiger partial charge < -0.3 is 36.2 Å². The van der Waals surface area contributed by atoms with Gasteiger partial charge in [0, 0.05) is 49.8 Å². The Balaban J connectivity index is 0. The van der Waals surface area contributed by atoms with Crippen LogP contribution in [0.2, 0.25) is 0 Å². The first-order chi connectivity index (χ1) is 18.0. The molecule has 2 aromatic carbocycles. The summed E-state index contributed by atoms with van der Waals surface area (Å²) in [5.41, 5.74) is 0.293. The molecule has 0 amide bonds. The quantitative estimate of drug-likeness (QED) is 0.153. The Kier molecular flexibility index (Phi) is 20.7. The molecule has 0 unspecified atom stereocenters. The first-order valence-corrected chi connectivity index (χ1v) is 11.2. The Morgan fingerprint density at radius 1 is 0.718 bits per heavy atom. The number of likely N-dealkylation sites (N-methyl/N-ethyl adjacent to an activating group) is 2. The van der Waals surface area contributed by atoms with Gasteiger partial charge in [0.05, 0.1) is 28.0 Å². The van der Waals surface area contributed by atoms with Crippen molar-refractivity contribution in [3.63, 3.8) is 0 Å². The summed E-state index contributed by atoms with van der Waals surface area (Å²) in [6.07, 6.45) is 2.76. The van der Waals surface area contributed by atoms with Gasteiger partial charge in [-0.15, -0.1) is 0 Å². The van der Waals surface area contributed by atoms with Gasteiger partial charge >= 0.3 is 16.8 Å². The third kappa shape index (κ3) is 17.8. The van der Waals surface area contributed by atoms with Crippen LogP contribution in [-0.4, -0.2) is 66.6 Å². The van der Waals surface area contributed by atoms with Gasteiger partial charge in [0.15, 0.2) is 0 Å². The van der Waals surface area contributed by atoms with E-state index in [1.807, 2.05) is 13.8 Å². The molecule has 214 valence electrons. The predicted molar refractivity (Wildman–Crippen MR) is 137 cm³/mol. The number of hydrogen-bond acceptors (Lipinski definition) is 13. The molecule has 2 aromatic rings. The van der Waals surface area contributed by atoms with Gasteiger partial charge in [-0.05, 0) is 24.2 Å². The van der Waals surface area contributed by atoms with Crippen molar-refractivity contribution in [2.75, 3.05) is 39.3 Å². The molecule has 0 bridgehead atoms. The molecule has 2 N–H and O–H groups in total. The van der Waals surface area contributed by atoms with Gasteiger partial charge in [-0.3, -0.25) is 30.2 Å². The Bertz CT molecular complexity index is 1020. The van der Waals surface area contributed by atoms with Crippen LogP contribution in [0.25, 0.3) is 0 Å². The van der Waals surface area contributed by atoms with Gasteiger partial charge in [-0.2, -0.15) is 0 Å². The number of nitrogens with zero attached hydrogens (tertiary/aromatic N) is 5.